The molecule has 0 atom stereocenters. The van der Waals surface area contributed by atoms with Crippen LogP contribution in [0, 0.1) is 15.9 Å². The molecule has 0 aromatic heterocycles. The van der Waals surface area contributed by atoms with Crippen LogP contribution in [0.15, 0.2) is 18.2 Å². The molecule has 1 aliphatic rings. The summed E-state index contributed by atoms with van der Waals surface area (Å²) in [6.45, 7) is 6.45. The predicted molar refractivity (Wildman–Crippen MR) is 87.7 cm³/mol. The van der Waals surface area contributed by atoms with Crippen LogP contribution in [-0.2, 0) is 4.74 Å². The van der Waals surface area contributed by atoms with E-state index >= 15 is 0 Å². The Morgan fingerprint density at radius 1 is 1.38 bits per heavy atom. The van der Waals surface area contributed by atoms with Crippen LogP contribution < -0.4 is 10.2 Å². The number of nitrogens with one attached hydrogen (secondary N) is 1. The van der Waals surface area contributed by atoms with E-state index in [1.165, 1.54) is 12.1 Å². The summed E-state index contributed by atoms with van der Waals surface area (Å²) >= 11 is 0. The van der Waals surface area contributed by atoms with Gasteiger partial charge in [-0.2, -0.15) is 0 Å². The fraction of sp³-hybridized carbons (Fsp3) is 0.562. The lowest BCUT2D eigenvalue weighted by molar-refractivity contribution is -0.384. The van der Waals surface area contributed by atoms with E-state index in [1.54, 1.807) is 20.8 Å². The molecular weight excluding hydrogens is 317 g/mol. The van der Waals surface area contributed by atoms with Crippen LogP contribution in [0.25, 0.3) is 0 Å². The SMILES string of the molecule is CC(C)(C)OC(=O)NC1CCN(c2ccc(F)cc2[N+](=O)[O-])CC1. The van der Waals surface area contributed by atoms with E-state index in [-0.39, 0.29) is 11.7 Å². The molecule has 1 fully saturated rings. The lowest BCUT2D eigenvalue weighted by Gasteiger charge is -2.34. The quantitative estimate of drug-likeness (QED) is 0.675. The molecule has 132 valence electrons. The van der Waals surface area contributed by atoms with Crippen LogP contribution in [0.5, 0.6) is 0 Å². The number of nitrogens with zero attached hydrogens (tertiary/aromatic N) is 2. The molecule has 2 rings (SSSR count). The number of benzene rings is 1. The van der Waals surface area contributed by atoms with Crippen molar-refractivity contribution in [1.82, 2.24) is 5.32 Å². The van der Waals surface area contributed by atoms with Gasteiger partial charge in [0.05, 0.1) is 11.0 Å². The van der Waals surface area contributed by atoms with Gasteiger partial charge in [-0.05, 0) is 45.7 Å². The number of rotatable bonds is 3. The molecular formula is C16H22FN3O4. The van der Waals surface area contributed by atoms with E-state index in [9.17, 15) is 19.3 Å². The van der Waals surface area contributed by atoms with Gasteiger partial charge in [-0.3, -0.25) is 10.1 Å². The molecule has 1 aromatic rings. The van der Waals surface area contributed by atoms with Gasteiger partial charge in [0, 0.05) is 19.1 Å². The summed E-state index contributed by atoms with van der Waals surface area (Å²) in [4.78, 5) is 24.1. The Bertz CT molecular complexity index is 622. The van der Waals surface area contributed by atoms with E-state index in [1.807, 2.05) is 4.90 Å². The Hall–Kier alpha value is -2.38. The molecule has 24 heavy (non-hydrogen) atoms. The van der Waals surface area contributed by atoms with Crippen molar-refractivity contribution in [1.29, 1.82) is 0 Å². The fourth-order valence-corrected chi connectivity index (χ4v) is 2.65. The second kappa shape index (κ2) is 7.02. The maximum atomic E-state index is 13.2. The number of nitro groups is 1. The Morgan fingerprint density at radius 2 is 2.00 bits per heavy atom. The zero-order chi connectivity index (χ0) is 17.9. The normalized spacial score (nSPS) is 15.9. The first-order chi connectivity index (χ1) is 11.2. The van der Waals surface area contributed by atoms with Gasteiger partial charge in [-0.1, -0.05) is 0 Å². The number of hydrogen-bond donors (Lipinski definition) is 1. The molecule has 0 unspecified atom stereocenters. The Kier molecular flexibility index (Phi) is 5.26. The number of anilines is 1. The lowest BCUT2D eigenvalue weighted by atomic mass is 10.0. The van der Waals surface area contributed by atoms with Crippen molar-refractivity contribution in [2.75, 3.05) is 18.0 Å². The van der Waals surface area contributed by atoms with Crippen LogP contribution >= 0.6 is 0 Å². The van der Waals surface area contributed by atoms with Gasteiger partial charge in [0.15, 0.2) is 0 Å². The first-order valence-corrected chi connectivity index (χ1v) is 7.84. The molecule has 8 heteroatoms. The van der Waals surface area contributed by atoms with Gasteiger partial charge in [-0.25, -0.2) is 9.18 Å². The summed E-state index contributed by atoms with van der Waals surface area (Å²) in [6.07, 6.45) is 0.801. The van der Waals surface area contributed by atoms with Crippen LogP contribution in [0.4, 0.5) is 20.6 Å². The highest BCUT2D eigenvalue weighted by molar-refractivity contribution is 5.68. The monoisotopic (exact) mass is 339 g/mol. The highest BCUT2D eigenvalue weighted by atomic mass is 19.1. The molecule has 0 aliphatic carbocycles. The largest absolute Gasteiger partial charge is 0.444 e. The van der Waals surface area contributed by atoms with E-state index in [4.69, 9.17) is 4.74 Å². The van der Waals surface area contributed by atoms with Crippen LogP contribution in [0.2, 0.25) is 0 Å². The molecule has 1 amide bonds. The third-order valence-corrected chi connectivity index (χ3v) is 3.69. The molecule has 1 aliphatic heterocycles. The Morgan fingerprint density at radius 3 is 2.54 bits per heavy atom. The van der Waals surface area contributed by atoms with Crippen LogP contribution in [0.1, 0.15) is 33.6 Å². The first-order valence-electron chi connectivity index (χ1n) is 7.84. The first kappa shape index (κ1) is 18.0. The maximum absolute atomic E-state index is 13.2. The van der Waals surface area contributed by atoms with E-state index < -0.39 is 22.4 Å². The molecule has 7 nitrogen and oxygen atoms in total. The molecule has 1 N–H and O–H groups in total. The van der Waals surface area contributed by atoms with Crippen molar-refractivity contribution in [3.63, 3.8) is 0 Å². The summed E-state index contributed by atoms with van der Waals surface area (Å²) in [5, 5.41) is 13.9. The molecule has 0 bridgehead atoms. The zero-order valence-electron chi connectivity index (χ0n) is 14.0. The topological polar surface area (TPSA) is 84.7 Å². The fourth-order valence-electron chi connectivity index (χ4n) is 2.65. The zero-order valence-corrected chi connectivity index (χ0v) is 14.0. The summed E-state index contributed by atoms with van der Waals surface area (Å²) in [5.41, 5.74) is -0.398. The van der Waals surface area contributed by atoms with Gasteiger partial charge >= 0.3 is 6.09 Å². The number of halogens is 1. The van der Waals surface area contributed by atoms with Crippen molar-refractivity contribution in [3.8, 4) is 0 Å². The minimum Gasteiger partial charge on any atom is -0.444 e. The third-order valence-electron chi connectivity index (χ3n) is 3.69. The summed E-state index contributed by atoms with van der Waals surface area (Å²) in [7, 11) is 0. The highest BCUT2D eigenvalue weighted by Crippen LogP contribution is 2.31. The summed E-state index contributed by atoms with van der Waals surface area (Å²) < 4.78 is 18.5. The van der Waals surface area contributed by atoms with Gasteiger partial charge in [0.25, 0.3) is 5.69 Å². The van der Waals surface area contributed by atoms with Crippen molar-refractivity contribution in [3.05, 3.63) is 34.1 Å². The second-order valence-corrected chi connectivity index (χ2v) is 6.80. The summed E-state index contributed by atoms with van der Waals surface area (Å²) in [6, 6.07) is 3.53. The number of ether oxygens (including phenoxy) is 1. The third kappa shape index (κ3) is 4.81. The van der Waals surface area contributed by atoms with Gasteiger partial charge in [0.2, 0.25) is 0 Å². The number of alkyl carbamates (subject to hydrolysis) is 1. The lowest BCUT2D eigenvalue weighted by Crippen LogP contribution is -2.46. The number of carbonyl (C=O) groups excluding carboxylic acids is 1. The minimum absolute atomic E-state index is 0.0457. The van der Waals surface area contributed by atoms with Gasteiger partial charge < -0.3 is 15.0 Å². The number of piperidine rings is 1. The van der Waals surface area contributed by atoms with Crippen molar-refractivity contribution >= 4 is 17.5 Å². The smallest absolute Gasteiger partial charge is 0.407 e. The second-order valence-electron chi connectivity index (χ2n) is 6.80. The average molecular weight is 339 g/mol. The minimum atomic E-state index is -0.632. The predicted octanol–water partition coefficient (Wildman–Crippen LogP) is 3.23. The molecule has 0 spiro atoms. The van der Waals surface area contributed by atoms with Crippen molar-refractivity contribution in [2.45, 2.75) is 45.3 Å². The number of carbonyl (C=O) groups is 1. The highest BCUT2D eigenvalue weighted by Gasteiger charge is 2.27. The van der Waals surface area contributed by atoms with E-state index in [0.717, 1.165) is 6.07 Å². The maximum Gasteiger partial charge on any atom is 0.407 e. The van der Waals surface area contributed by atoms with Gasteiger partial charge in [0.1, 0.15) is 17.1 Å². The van der Waals surface area contributed by atoms with Crippen molar-refractivity contribution < 1.29 is 18.8 Å². The molecule has 0 radical (unpaired) electrons. The standard InChI is InChI=1S/C16H22FN3O4/c1-16(2,3)24-15(21)18-12-6-8-19(9-7-12)13-5-4-11(17)10-14(13)20(22)23/h4-5,10,12H,6-9H2,1-3H3,(H,18,21). The molecule has 1 saturated heterocycles. The molecule has 0 saturated carbocycles. The van der Waals surface area contributed by atoms with E-state index in [0.29, 0.717) is 31.6 Å². The summed E-state index contributed by atoms with van der Waals surface area (Å²) in [5.74, 6) is -0.632. The van der Waals surface area contributed by atoms with E-state index in [2.05, 4.69) is 5.32 Å². The van der Waals surface area contributed by atoms with Crippen LogP contribution in [0.3, 0.4) is 0 Å². The van der Waals surface area contributed by atoms with Crippen molar-refractivity contribution in [2.24, 2.45) is 0 Å². The Labute approximate surface area is 139 Å². The average Bonchev–Trinajstić information content (AvgIpc) is 2.46. The van der Waals surface area contributed by atoms with Gasteiger partial charge in [-0.15, -0.1) is 0 Å². The number of hydrogen-bond acceptors (Lipinski definition) is 5. The number of amides is 1. The Balaban J connectivity index is 1.96. The molecule has 1 aromatic carbocycles. The van der Waals surface area contributed by atoms with Crippen LogP contribution in [-0.4, -0.2) is 35.7 Å². The number of nitro benzene ring substituents is 1. The molecule has 1 heterocycles.